The van der Waals surface area contributed by atoms with Crippen molar-refractivity contribution >= 4 is 28.8 Å². The monoisotopic (exact) mass is 784 g/mol. The number of piperazine rings is 1. The molecule has 54 heavy (non-hydrogen) atoms. The summed E-state index contributed by atoms with van der Waals surface area (Å²) in [6.45, 7) is 0.969. The number of hydrogen-bond acceptors (Lipinski definition) is 9. The summed E-state index contributed by atoms with van der Waals surface area (Å²) in [7, 11) is 0. The number of aliphatic hydroxyl groups excluding tert-OH is 1. The first-order valence-electron chi connectivity index (χ1n) is 18.0. The maximum atomic E-state index is 15.1. The van der Waals surface area contributed by atoms with E-state index >= 15 is 4.79 Å². The molecule has 2 aromatic heterocycles. The van der Waals surface area contributed by atoms with E-state index in [-0.39, 0.29) is 64.5 Å². The van der Waals surface area contributed by atoms with Crippen LogP contribution >= 0.6 is 11.3 Å². The van der Waals surface area contributed by atoms with Crippen LogP contribution < -0.4 is 19.1 Å². The summed E-state index contributed by atoms with van der Waals surface area (Å²) in [5, 5.41) is 10.4. The molecule has 2 fully saturated rings. The number of pyridine rings is 1. The number of aliphatic hydroxyl groups is 1. The van der Waals surface area contributed by atoms with E-state index in [4.69, 9.17) is 14.2 Å². The lowest BCUT2D eigenvalue weighted by atomic mass is 9.79. The van der Waals surface area contributed by atoms with Crippen molar-refractivity contribution in [2.24, 2.45) is 0 Å². The summed E-state index contributed by atoms with van der Waals surface area (Å²) >= 11 is 0.403. The number of hydrogen-bond donors (Lipinski definition) is 1. The van der Waals surface area contributed by atoms with Gasteiger partial charge in [0.25, 0.3) is 11.8 Å². The highest BCUT2D eigenvalue weighted by Crippen LogP contribution is 2.44. The topological polar surface area (TPSA) is 105 Å². The van der Waals surface area contributed by atoms with Crippen molar-refractivity contribution in [3.63, 3.8) is 0 Å². The summed E-state index contributed by atoms with van der Waals surface area (Å²) in [4.78, 5) is 37.5. The van der Waals surface area contributed by atoms with Crippen LogP contribution in [0, 0.1) is 0 Å². The molecule has 1 aromatic carbocycles. The van der Waals surface area contributed by atoms with E-state index < -0.39 is 57.7 Å². The van der Waals surface area contributed by atoms with Gasteiger partial charge < -0.3 is 34.0 Å². The zero-order valence-corrected chi connectivity index (χ0v) is 30.3. The van der Waals surface area contributed by atoms with Gasteiger partial charge in [-0.1, -0.05) is 37.8 Å². The molecular formula is C37H42F6N4O6S. The summed E-state index contributed by atoms with van der Waals surface area (Å²) in [6.07, 6.45) is -5.27. The molecule has 1 N–H and O–H groups in total. The predicted molar refractivity (Wildman–Crippen MR) is 187 cm³/mol. The summed E-state index contributed by atoms with van der Waals surface area (Å²) in [5.41, 5.74) is -3.18. The Morgan fingerprint density at radius 3 is 2.43 bits per heavy atom. The van der Waals surface area contributed by atoms with Gasteiger partial charge in [-0.25, -0.2) is 4.98 Å². The molecule has 3 aromatic rings. The smallest absolute Gasteiger partial charge is 0.425 e. The maximum Gasteiger partial charge on any atom is 0.425 e. The first kappa shape index (κ1) is 39.4. The van der Waals surface area contributed by atoms with E-state index in [1.54, 1.807) is 17.0 Å². The number of fused-ring (bicyclic) bond motifs is 2. The number of benzene rings is 1. The highest BCUT2D eigenvalue weighted by Gasteiger charge is 2.56. The zero-order chi connectivity index (χ0) is 38.5. The quantitative estimate of drug-likeness (QED) is 0.254. The Balaban J connectivity index is 1.39. The minimum atomic E-state index is -4.94. The third-order valence-electron chi connectivity index (χ3n) is 10.1. The number of nitrogens with zero attached hydrogens (tertiary/aromatic N) is 4. The Bertz CT molecular complexity index is 1760. The minimum Gasteiger partial charge on any atom is -0.489 e. The minimum absolute atomic E-state index is 0.0120. The molecule has 6 rings (SSSR count). The Kier molecular flexibility index (Phi) is 12.1. The van der Waals surface area contributed by atoms with Gasteiger partial charge >= 0.3 is 12.4 Å². The lowest BCUT2D eigenvalue weighted by Crippen LogP contribution is -2.69. The van der Waals surface area contributed by atoms with E-state index in [0.29, 0.717) is 61.9 Å². The van der Waals surface area contributed by atoms with Gasteiger partial charge in [-0.3, -0.25) is 9.59 Å². The molecule has 0 bridgehead atoms. The van der Waals surface area contributed by atoms with Gasteiger partial charge in [0.15, 0.2) is 0 Å². The van der Waals surface area contributed by atoms with Crippen LogP contribution in [-0.4, -0.2) is 95.9 Å². The van der Waals surface area contributed by atoms with E-state index in [1.165, 1.54) is 4.90 Å². The van der Waals surface area contributed by atoms with Gasteiger partial charge in [0.1, 0.15) is 28.5 Å². The van der Waals surface area contributed by atoms with Crippen LogP contribution in [0.2, 0.25) is 0 Å². The molecule has 17 heteroatoms. The number of ether oxygens (including phenoxy) is 3. The Morgan fingerprint density at radius 1 is 0.963 bits per heavy atom. The molecule has 1 unspecified atom stereocenters. The molecule has 3 aliphatic heterocycles. The van der Waals surface area contributed by atoms with Crippen molar-refractivity contribution in [1.82, 2.24) is 14.8 Å². The Labute approximate surface area is 312 Å². The average molecular weight is 785 g/mol. The van der Waals surface area contributed by atoms with E-state index in [0.717, 1.165) is 29.8 Å². The van der Waals surface area contributed by atoms with E-state index in [2.05, 4.69) is 4.98 Å². The van der Waals surface area contributed by atoms with Crippen LogP contribution in [-0.2, 0) is 17.1 Å². The van der Waals surface area contributed by atoms with Crippen molar-refractivity contribution in [2.45, 2.75) is 75.4 Å². The molecule has 0 spiro atoms. The number of thiophene rings is 1. The number of carbonyl (C=O) groups excluding carboxylic acids is 2. The number of rotatable bonds is 7. The number of piperidine rings is 1. The van der Waals surface area contributed by atoms with Crippen molar-refractivity contribution in [3.8, 4) is 17.4 Å². The maximum absolute atomic E-state index is 15.1. The molecule has 2 saturated heterocycles. The second-order valence-electron chi connectivity index (χ2n) is 13.5. The predicted octanol–water partition coefficient (Wildman–Crippen LogP) is 7.06. The van der Waals surface area contributed by atoms with Crippen LogP contribution in [0.1, 0.15) is 72.2 Å². The lowest BCUT2D eigenvalue weighted by molar-refractivity contribution is -0.159. The highest BCUT2D eigenvalue weighted by atomic mass is 32.1. The van der Waals surface area contributed by atoms with Crippen molar-refractivity contribution < 1.29 is 55.2 Å². The number of aromatic nitrogens is 1. The zero-order valence-electron chi connectivity index (χ0n) is 29.5. The number of alkyl halides is 6. The van der Waals surface area contributed by atoms with Crippen LogP contribution in [0.15, 0.2) is 48.0 Å². The first-order valence-corrected chi connectivity index (χ1v) is 18.9. The fourth-order valence-corrected chi connectivity index (χ4v) is 8.23. The van der Waals surface area contributed by atoms with Crippen LogP contribution in [0.5, 0.6) is 17.4 Å². The molecule has 2 amide bonds. The number of amides is 2. The largest absolute Gasteiger partial charge is 0.489 e. The van der Waals surface area contributed by atoms with Crippen LogP contribution in [0.4, 0.5) is 32.0 Å². The van der Waals surface area contributed by atoms with Gasteiger partial charge in [-0.2, -0.15) is 26.3 Å². The van der Waals surface area contributed by atoms with Gasteiger partial charge in [0, 0.05) is 56.8 Å². The van der Waals surface area contributed by atoms with E-state index in [1.807, 2.05) is 17.0 Å². The standard InChI is InChI=1S/C37H42F6N4O6S/c38-36(39,40)26-12-14-44-32-31(26)33(49)47-15-8-13-35(29(47)11-4-2-1-3-7-21-52-32,53-25-23-30(54-24-25)37(41,42)43)34(50)46-18-16-45(17-19-46)27-9-5-6-10-28(27)51-22-20-48/h5-6,9-10,12,14,23-24,29,48H,1-4,7-8,11,13,15-22H2/t29-,35?/m1/s1. The number of halogens is 6. The number of anilines is 1. The van der Waals surface area contributed by atoms with Crippen molar-refractivity contribution in [1.29, 1.82) is 0 Å². The SMILES string of the molecule is O=C1c2c(C(F)(F)F)ccnc2OCCCCCCC[C@H]2N1CCCC2(Oc1csc(C(F)(F)F)c1)C(=O)N1CCN(c2ccccc2OCCO)CC1. The molecule has 10 nitrogen and oxygen atoms in total. The van der Waals surface area contributed by atoms with Gasteiger partial charge in [-0.05, 0) is 37.5 Å². The normalized spacial score (nSPS) is 21.9. The molecule has 2 atom stereocenters. The fraction of sp³-hybridized carbons (Fsp3) is 0.541. The molecule has 0 radical (unpaired) electrons. The second kappa shape index (κ2) is 16.6. The third-order valence-corrected chi connectivity index (χ3v) is 11.0. The Hall–Kier alpha value is -4.25. The van der Waals surface area contributed by atoms with Gasteiger partial charge in [0.2, 0.25) is 11.5 Å². The first-order chi connectivity index (χ1) is 25.8. The fourth-order valence-electron chi connectivity index (χ4n) is 7.55. The molecule has 5 heterocycles. The number of para-hydroxylation sites is 2. The third kappa shape index (κ3) is 8.51. The van der Waals surface area contributed by atoms with Gasteiger partial charge in [0.05, 0.1) is 30.5 Å². The van der Waals surface area contributed by atoms with Crippen LogP contribution in [0.3, 0.4) is 0 Å². The Morgan fingerprint density at radius 2 is 1.70 bits per heavy atom. The number of carbonyl (C=O) groups is 2. The highest BCUT2D eigenvalue weighted by molar-refractivity contribution is 7.10. The van der Waals surface area contributed by atoms with Crippen LogP contribution in [0.25, 0.3) is 0 Å². The van der Waals surface area contributed by atoms with Crippen molar-refractivity contribution in [3.05, 3.63) is 64.0 Å². The summed E-state index contributed by atoms with van der Waals surface area (Å²) in [6, 6.07) is 7.64. The average Bonchev–Trinajstić information content (AvgIpc) is 3.64. The van der Waals surface area contributed by atoms with Gasteiger partial charge in [-0.15, -0.1) is 11.3 Å². The van der Waals surface area contributed by atoms with E-state index in [9.17, 15) is 36.2 Å². The molecule has 294 valence electrons. The molecular weight excluding hydrogens is 742 g/mol. The second-order valence-corrected chi connectivity index (χ2v) is 14.4. The molecule has 0 saturated carbocycles. The summed E-state index contributed by atoms with van der Waals surface area (Å²) < 4.78 is 103. The van der Waals surface area contributed by atoms with Crippen molar-refractivity contribution in [2.75, 3.05) is 57.4 Å². The summed E-state index contributed by atoms with van der Waals surface area (Å²) in [5.74, 6) is -1.74. The molecule has 3 aliphatic rings. The lowest BCUT2D eigenvalue weighted by Gasteiger charge is -2.51. The molecule has 0 aliphatic carbocycles.